The summed E-state index contributed by atoms with van der Waals surface area (Å²) < 4.78 is 2.38. The van der Waals surface area contributed by atoms with Crippen LogP contribution in [0.1, 0.15) is 33.5 Å². The zero-order valence-corrected chi connectivity index (χ0v) is 18.0. The van der Waals surface area contributed by atoms with E-state index < -0.39 is 5.69 Å². The van der Waals surface area contributed by atoms with Gasteiger partial charge in [-0.15, -0.1) is 5.10 Å². The molecule has 0 saturated carbocycles. The minimum absolute atomic E-state index is 0.215. The third-order valence-electron chi connectivity index (χ3n) is 5.81. The molecule has 2 aromatic heterocycles. The van der Waals surface area contributed by atoms with Gasteiger partial charge in [0.1, 0.15) is 6.54 Å². The van der Waals surface area contributed by atoms with E-state index in [1.54, 1.807) is 12.1 Å². The number of hydrogen-bond donors (Lipinski definition) is 2. The first kappa shape index (κ1) is 20.7. The first-order valence-electron chi connectivity index (χ1n) is 10.9. The average molecular weight is 441 g/mol. The molecule has 166 valence electrons. The molecule has 0 spiro atoms. The van der Waals surface area contributed by atoms with Gasteiger partial charge in [-0.25, -0.2) is 13.9 Å². The van der Waals surface area contributed by atoms with Crippen molar-refractivity contribution in [1.82, 2.24) is 19.5 Å². The molecular weight excluding hydrogens is 418 g/mol. The number of nitrogens with zero attached hydrogens (tertiary/aromatic N) is 3. The molecule has 1 aliphatic carbocycles. The highest BCUT2D eigenvalue weighted by Crippen LogP contribution is 2.24. The molecular formula is C25H23N5O3. The van der Waals surface area contributed by atoms with Crippen LogP contribution in [0.15, 0.2) is 71.7 Å². The number of benzene rings is 2. The number of pyridine rings is 1. The minimum Gasteiger partial charge on any atom is -0.348 e. The smallest absolute Gasteiger partial charge is 0.348 e. The van der Waals surface area contributed by atoms with Crippen LogP contribution in [0.2, 0.25) is 0 Å². The van der Waals surface area contributed by atoms with Crippen LogP contribution < -0.4 is 16.3 Å². The number of aryl methyl sites for hydroxylation is 2. The van der Waals surface area contributed by atoms with Crippen molar-refractivity contribution in [3.8, 4) is 0 Å². The Balaban J connectivity index is 1.28. The van der Waals surface area contributed by atoms with Crippen molar-refractivity contribution in [2.45, 2.75) is 32.4 Å². The molecule has 0 unspecified atom stereocenters. The summed E-state index contributed by atoms with van der Waals surface area (Å²) in [6.07, 6.45) is 4.67. The second-order valence-corrected chi connectivity index (χ2v) is 8.14. The summed E-state index contributed by atoms with van der Waals surface area (Å²) in [6.45, 7) is 0.169. The normalized spacial score (nSPS) is 12.5. The van der Waals surface area contributed by atoms with Gasteiger partial charge in [0.05, 0.1) is 5.56 Å². The van der Waals surface area contributed by atoms with Gasteiger partial charge in [-0.2, -0.15) is 0 Å². The van der Waals surface area contributed by atoms with Crippen molar-refractivity contribution in [3.05, 3.63) is 99.6 Å². The van der Waals surface area contributed by atoms with Crippen LogP contribution in [0.5, 0.6) is 0 Å². The summed E-state index contributed by atoms with van der Waals surface area (Å²) in [5.74, 6) is -0.631. The molecule has 2 amide bonds. The number of nitrogens with one attached hydrogen (secondary N) is 2. The molecule has 2 N–H and O–H groups in total. The van der Waals surface area contributed by atoms with Crippen molar-refractivity contribution in [2.24, 2.45) is 0 Å². The van der Waals surface area contributed by atoms with Gasteiger partial charge in [-0.3, -0.25) is 9.59 Å². The second-order valence-electron chi connectivity index (χ2n) is 8.14. The van der Waals surface area contributed by atoms with Crippen molar-refractivity contribution < 1.29 is 9.59 Å². The number of anilines is 1. The van der Waals surface area contributed by atoms with E-state index in [0.29, 0.717) is 17.8 Å². The molecule has 8 nitrogen and oxygen atoms in total. The van der Waals surface area contributed by atoms with Crippen LogP contribution in [0.25, 0.3) is 5.65 Å². The molecule has 33 heavy (non-hydrogen) atoms. The number of aromatic nitrogens is 3. The van der Waals surface area contributed by atoms with Crippen LogP contribution in [-0.2, 0) is 30.7 Å². The van der Waals surface area contributed by atoms with Gasteiger partial charge in [-0.05, 0) is 60.2 Å². The fourth-order valence-corrected chi connectivity index (χ4v) is 4.12. The Morgan fingerprint density at radius 2 is 1.79 bits per heavy atom. The van der Waals surface area contributed by atoms with Crippen molar-refractivity contribution in [2.75, 3.05) is 5.32 Å². The lowest BCUT2D eigenvalue weighted by atomic mass is 10.1. The fraction of sp³-hybridized carbons (Fsp3) is 0.200. The minimum atomic E-state index is -0.480. The van der Waals surface area contributed by atoms with Crippen molar-refractivity contribution in [3.63, 3.8) is 0 Å². The van der Waals surface area contributed by atoms with Crippen molar-refractivity contribution >= 4 is 23.1 Å². The third kappa shape index (κ3) is 4.41. The predicted molar refractivity (Wildman–Crippen MR) is 124 cm³/mol. The first-order valence-corrected chi connectivity index (χ1v) is 10.9. The van der Waals surface area contributed by atoms with Gasteiger partial charge < -0.3 is 10.6 Å². The zero-order chi connectivity index (χ0) is 22.8. The maximum absolute atomic E-state index is 12.8. The van der Waals surface area contributed by atoms with Gasteiger partial charge in [0, 0.05) is 18.4 Å². The molecule has 0 atom stereocenters. The summed E-state index contributed by atoms with van der Waals surface area (Å²) in [5, 5.41) is 9.90. The Morgan fingerprint density at radius 1 is 0.970 bits per heavy atom. The monoisotopic (exact) mass is 441 g/mol. The summed E-state index contributed by atoms with van der Waals surface area (Å²) in [5.41, 5.74) is 4.50. The summed E-state index contributed by atoms with van der Waals surface area (Å²) in [4.78, 5) is 37.8. The highest BCUT2D eigenvalue weighted by Gasteiger charge is 2.15. The van der Waals surface area contributed by atoms with Crippen molar-refractivity contribution in [1.29, 1.82) is 0 Å². The van der Waals surface area contributed by atoms with E-state index in [2.05, 4.69) is 15.7 Å². The Labute approximate surface area is 189 Å². The largest absolute Gasteiger partial charge is 0.350 e. The lowest BCUT2D eigenvalue weighted by Crippen LogP contribution is -2.28. The highest BCUT2D eigenvalue weighted by atomic mass is 16.2. The molecule has 4 aromatic rings. The molecule has 2 aromatic carbocycles. The van der Waals surface area contributed by atoms with Gasteiger partial charge in [0.2, 0.25) is 5.91 Å². The third-order valence-corrected chi connectivity index (χ3v) is 5.81. The zero-order valence-electron chi connectivity index (χ0n) is 18.0. The standard InChI is InChI=1S/C25H23N5O3/c31-23(27-21-11-9-18-7-4-8-19(18)13-21)16-30-25(33)29-15-20(10-12-22(29)28-30)24(32)26-14-17-5-2-1-3-6-17/h1-3,5-6,9-13,15H,4,7-8,14,16H2,(H,26,32)(H,27,31). The van der Waals surface area contributed by atoms with Crippen LogP contribution in [0, 0.1) is 0 Å². The maximum Gasteiger partial charge on any atom is 0.350 e. The van der Waals surface area contributed by atoms with Gasteiger partial charge in [-0.1, -0.05) is 36.4 Å². The number of fused-ring (bicyclic) bond motifs is 2. The molecule has 0 saturated heterocycles. The summed E-state index contributed by atoms with van der Waals surface area (Å²) in [6, 6.07) is 18.7. The Kier molecular flexibility index (Phi) is 5.48. The lowest BCUT2D eigenvalue weighted by molar-refractivity contribution is -0.117. The number of hydrogen-bond acceptors (Lipinski definition) is 4. The Hall–Kier alpha value is -4.20. The van der Waals surface area contributed by atoms with E-state index in [1.807, 2.05) is 48.5 Å². The summed E-state index contributed by atoms with van der Waals surface area (Å²) in [7, 11) is 0. The number of rotatable bonds is 6. The second kappa shape index (κ2) is 8.74. The molecule has 1 aliphatic rings. The van der Waals surface area contributed by atoms with Crippen LogP contribution in [-0.4, -0.2) is 26.0 Å². The molecule has 0 fully saturated rings. The van der Waals surface area contributed by atoms with E-state index in [9.17, 15) is 14.4 Å². The first-order chi connectivity index (χ1) is 16.1. The molecule has 0 aliphatic heterocycles. The number of carbonyl (C=O) groups is 2. The predicted octanol–water partition coefficient (Wildman–Crippen LogP) is 2.55. The molecule has 8 heteroatoms. The van der Waals surface area contributed by atoms with E-state index >= 15 is 0 Å². The van der Waals surface area contributed by atoms with Gasteiger partial charge in [0.15, 0.2) is 5.65 Å². The maximum atomic E-state index is 12.8. The topological polar surface area (TPSA) is 97.5 Å². The average Bonchev–Trinajstić information content (AvgIpc) is 3.42. The SMILES string of the molecule is O=C(Cn1nc2ccc(C(=O)NCc3ccccc3)cn2c1=O)Nc1ccc2c(c1)CCC2. The van der Waals surface area contributed by atoms with E-state index in [0.717, 1.165) is 35.2 Å². The van der Waals surface area contributed by atoms with Gasteiger partial charge in [0.25, 0.3) is 5.91 Å². The summed E-state index contributed by atoms with van der Waals surface area (Å²) >= 11 is 0. The van der Waals surface area contributed by atoms with E-state index in [4.69, 9.17) is 0 Å². The molecule has 0 bridgehead atoms. The molecule has 5 rings (SSSR count). The van der Waals surface area contributed by atoms with Gasteiger partial charge >= 0.3 is 5.69 Å². The lowest BCUT2D eigenvalue weighted by Gasteiger charge is -2.07. The Morgan fingerprint density at radius 3 is 2.64 bits per heavy atom. The quantitative estimate of drug-likeness (QED) is 0.481. The number of carbonyl (C=O) groups excluding carboxylic acids is 2. The van der Waals surface area contributed by atoms with E-state index in [-0.39, 0.29) is 18.4 Å². The number of amides is 2. The Bertz CT molecular complexity index is 1400. The van der Waals surface area contributed by atoms with Crippen LogP contribution in [0.4, 0.5) is 5.69 Å². The highest BCUT2D eigenvalue weighted by molar-refractivity contribution is 5.94. The fourth-order valence-electron chi connectivity index (χ4n) is 4.12. The van der Waals surface area contributed by atoms with E-state index in [1.165, 1.54) is 21.7 Å². The molecule has 0 radical (unpaired) electrons. The molecule has 2 heterocycles. The van der Waals surface area contributed by atoms with Crippen LogP contribution >= 0.6 is 0 Å². The van der Waals surface area contributed by atoms with Crippen LogP contribution in [0.3, 0.4) is 0 Å².